The fraction of sp³-hybridized carbons (Fsp3) is 0.308. The molecule has 104 valence electrons. The fourth-order valence-electron chi connectivity index (χ4n) is 1.72. The molecule has 2 rings (SSSR count). The van der Waals surface area contributed by atoms with Crippen LogP contribution in [0.4, 0.5) is 0 Å². The summed E-state index contributed by atoms with van der Waals surface area (Å²) in [6.45, 7) is 1.96. The molecule has 0 bridgehead atoms. The standard InChI is InChI=1S/C13H17N3OS.ClH/c14-6-3-7-15-13(17)12-5-1-8-16(12)10-11-4-2-9-18-11;/h1-2,4-5,8-9H,3,6-7,10,14H2,(H,15,17);1H. The van der Waals surface area contributed by atoms with Crippen LogP contribution in [0.2, 0.25) is 0 Å². The van der Waals surface area contributed by atoms with E-state index >= 15 is 0 Å². The van der Waals surface area contributed by atoms with Crippen molar-refractivity contribution in [1.82, 2.24) is 9.88 Å². The molecular weight excluding hydrogens is 282 g/mol. The van der Waals surface area contributed by atoms with Gasteiger partial charge in [0.15, 0.2) is 0 Å². The highest BCUT2D eigenvalue weighted by atomic mass is 35.5. The second-order valence-electron chi connectivity index (χ2n) is 4.00. The van der Waals surface area contributed by atoms with Crippen molar-refractivity contribution in [3.63, 3.8) is 0 Å². The van der Waals surface area contributed by atoms with Crippen molar-refractivity contribution < 1.29 is 4.79 Å². The minimum Gasteiger partial charge on any atom is -0.351 e. The third-order valence-electron chi connectivity index (χ3n) is 2.63. The number of carbonyl (C=O) groups is 1. The molecule has 0 fully saturated rings. The Bertz CT molecular complexity index is 496. The topological polar surface area (TPSA) is 60.0 Å². The second-order valence-corrected chi connectivity index (χ2v) is 5.03. The van der Waals surface area contributed by atoms with Crippen LogP contribution in [-0.2, 0) is 6.54 Å². The van der Waals surface area contributed by atoms with Gasteiger partial charge in [-0.3, -0.25) is 4.79 Å². The molecule has 0 radical (unpaired) electrons. The fourth-order valence-corrected chi connectivity index (χ4v) is 2.43. The second kappa shape index (κ2) is 7.99. The van der Waals surface area contributed by atoms with Gasteiger partial charge in [-0.1, -0.05) is 6.07 Å². The van der Waals surface area contributed by atoms with E-state index in [2.05, 4.69) is 11.4 Å². The summed E-state index contributed by atoms with van der Waals surface area (Å²) in [5, 5.41) is 4.91. The molecule has 0 spiro atoms. The van der Waals surface area contributed by atoms with Gasteiger partial charge in [0.1, 0.15) is 5.69 Å². The highest BCUT2D eigenvalue weighted by Crippen LogP contribution is 2.12. The summed E-state index contributed by atoms with van der Waals surface area (Å²) in [5.41, 5.74) is 6.09. The highest BCUT2D eigenvalue weighted by Gasteiger charge is 2.10. The third kappa shape index (κ3) is 4.38. The Hall–Kier alpha value is -1.30. The van der Waals surface area contributed by atoms with Crippen LogP contribution in [0.3, 0.4) is 0 Å². The van der Waals surface area contributed by atoms with Crippen LogP contribution in [-0.4, -0.2) is 23.6 Å². The summed E-state index contributed by atoms with van der Waals surface area (Å²) in [5.74, 6) is -0.0370. The van der Waals surface area contributed by atoms with Gasteiger partial charge >= 0.3 is 0 Å². The predicted octanol–water partition coefficient (Wildman–Crippen LogP) is 2.10. The van der Waals surface area contributed by atoms with Gasteiger partial charge in [0.05, 0.1) is 6.54 Å². The van der Waals surface area contributed by atoms with Crippen molar-refractivity contribution >= 4 is 29.7 Å². The van der Waals surface area contributed by atoms with Crippen LogP contribution < -0.4 is 11.1 Å². The minimum atomic E-state index is -0.0370. The number of amides is 1. The van der Waals surface area contributed by atoms with Gasteiger partial charge in [-0.2, -0.15) is 0 Å². The Labute approximate surface area is 123 Å². The number of nitrogens with one attached hydrogen (secondary N) is 1. The summed E-state index contributed by atoms with van der Waals surface area (Å²) in [7, 11) is 0. The number of hydrogen-bond donors (Lipinski definition) is 2. The molecule has 1 amide bonds. The molecule has 19 heavy (non-hydrogen) atoms. The lowest BCUT2D eigenvalue weighted by Crippen LogP contribution is -2.28. The van der Waals surface area contributed by atoms with Crippen LogP contribution in [0.1, 0.15) is 21.8 Å². The van der Waals surface area contributed by atoms with Gasteiger partial charge in [0, 0.05) is 17.6 Å². The first-order valence-electron chi connectivity index (χ1n) is 5.97. The number of aromatic nitrogens is 1. The lowest BCUT2D eigenvalue weighted by Gasteiger charge is -2.08. The molecule has 3 N–H and O–H groups in total. The van der Waals surface area contributed by atoms with Gasteiger partial charge < -0.3 is 15.6 Å². The number of nitrogens with zero attached hydrogens (tertiary/aromatic N) is 1. The summed E-state index contributed by atoms with van der Waals surface area (Å²) in [6.07, 6.45) is 2.73. The van der Waals surface area contributed by atoms with Crippen molar-refractivity contribution in [2.45, 2.75) is 13.0 Å². The summed E-state index contributed by atoms with van der Waals surface area (Å²) < 4.78 is 1.96. The van der Waals surface area contributed by atoms with Crippen molar-refractivity contribution in [2.75, 3.05) is 13.1 Å². The summed E-state index contributed by atoms with van der Waals surface area (Å²) in [4.78, 5) is 13.2. The molecule has 6 heteroatoms. The van der Waals surface area contributed by atoms with Gasteiger partial charge in [-0.25, -0.2) is 0 Å². The lowest BCUT2D eigenvalue weighted by molar-refractivity contribution is 0.0944. The van der Waals surface area contributed by atoms with E-state index in [0.29, 0.717) is 18.8 Å². The largest absolute Gasteiger partial charge is 0.351 e. The quantitative estimate of drug-likeness (QED) is 0.803. The maximum Gasteiger partial charge on any atom is 0.267 e. The van der Waals surface area contributed by atoms with Crippen LogP contribution in [0.15, 0.2) is 35.8 Å². The third-order valence-corrected chi connectivity index (χ3v) is 3.50. The molecule has 0 aliphatic heterocycles. The number of thiophene rings is 1. The molecule has 0 aliphatic rings. The molecule has 2 heterocycles. The Morgan fingerprint density at radius 1 is 1.37 bits per heavy atom. The monoisotopic (exact) mass is 299 g/mol. The number of halogens is 1. The van der Waals surface area contributed by atoms with E-state index in [0.717, 1.165) is 13.0 Å². The Balaban J connectivity index is 0.00000180. The van der Waals surface area contributed by atoms with E-state index in [1.807, 2.05) is 34.3 Å². The van der Waals surface area contributed by atoms with Crippen molar-refractivity contribution in [3.05, 3.63) is 46.4 Å². The first kappa shape index (κ1) is 15.8. The van der Waals surface area contributed by atoms with E-state index in [1.165, 1.54) is 4.88 Å². The zero-order chi connectivity index (χ0) is 12.8. The van der Waals surface area contributed by atoms with E-state index in [4.69, 9.17) is 5.73 Å². The molecule has 0 saturated carbocycles. The van der Waals surface area contributed by atoms with Crippen molar-refractivity contribution in [3.8, 4) is 0 Å². The highest BCUT2D eigenvalue weighted by molar-refractivity contribution is 7.09. The molecule has 0 saturated heterocycles. The molecule has 4 nitrogen and oxygen atoms in total. The number of rotatable bonds is 6. The summed E-state index contributed by atoms with van der Waals surface area (Å²) >= 11 is 1.69. The maximum absolute atomic E-state index is 12.0. The maximum atomic E-state index is 12.0. The molecule has 0 aliphatic carbocycles. The molecule has 2 aromatic heterocycles. The van der Waals surface area contributed by atoms with E-state index in [9.17, 15) is 4.79 Å². The molecule has 2 aromatic rings. The SMILES string of the molecule is Cl.NCCCNC(=O)c1cccn1Cc1cccs1. The minimum absolute atomic E-state index is 0. The first-order chi connectivity index (χ1) is 8.81. The molecule has 0 atom stereocenters. The van der Waals surface area contributed by atoms with E-state index in [-0.39, 0.29) is 18.3 Å². The number of carbonyl (C=O) groups excluding carboxylic acids is 1. The predicted molar refractivity (Wildman–Crippen MR) is 81.1 cm³/mol. The van der Waals surface area contributed by atoms with Crippen molar-refractivity contribution in [1.29, 1.82) is 0 Å². The number of hydrogen-bond acceptors (Lipinski definition) is 3. The van der Waals surface area contributed by atoms with Crippen LogP contribution >= 0.6 is 23.7 Å². The van der Waals surface area contributed by atoms with Crippen LogP contribution in [0.25, 0.3) is 0 Å². The van der Waals surface area contributed by atoms with Crippen molar-refractivity contribution in [2.24, 2.45) is 5.73 Å². The van der Waals surface area contributed by atoms with Gasteiger partial charge in [0.2, 0.25) is 0 Å². The average molecular weight is 300 g/mol. The first-order valence-corrected chi connectivity index (χ1v) is 6.85. The zero-order valence-corrected chi connectivity index (χ0v) is 12.2. The normalized spacial score (nSPS) is 9.95. The Kier molecular flexibility index (Phi) is 6.62. The van der Waals surface area contributed by atoms with E-state index < -0.39 is 0 Å². The summed E-state index contributed by atoms with van der Waals surface area (Å²) in [6, 6.07) is 7.82. The zero-order valence-electron chi connectivity index (χ0n) is 10.5. The Morgan fingerprint density at radius 2 is 2.21 bits per heavy atom. The van der Waals surface area contributed by atoms with Gasteiger partial charge in [-0.05, 0) is 36.5 Å². The number of nitrogens with two attached hydrogens (primary N) is 1. The molecular formula is C13H18ClN3OS. The van der Waals surface area contributed by atoms with Gasteiger partial charge in [0.25, 0.3) is 5.91 Å². The lowest BCUT2D eigenvalue weighted by atomic mass is 10.3. The van der Waals surface area contributed by atoms with Crippen LogP contribution in [0, 0.1) is 0 Å². The average Bonchev–Trinajstić information content (AvgIpc) is 3.01. The smallest absolute Gasteiger partial charge is 0.267 e. The molecule has 0 unspecified atom stereocenters. The van der Waals surface area contributed by atoms with E-state index in [1.54, 1.807) is 11.3 Å². The Morgan fingerprint density at radius 3 is 2.89 bits per heavy atom. The van der Waals surface area contributed by atoms with Gasteiger partial charge in [-0.15, -0.1) is 23.7 Å². The van der Waals surface area contributed by atoms with Crippen LogP contribution in [0.5, 0.6) is 0 Å². The molecule has 0 aromatic carbocycles.